The smallest absolute Gasteiger partial charge is 0.242 e. The molecule has 1 fully saturated rings. The van der Waals surface area contributed by atoms with Crippen LogP contribution < -0.4 is 5.11 Å². The van der Waals surface area contributed by atoms with E-state index >= 15 is 0 Å². The van der Waals surface area contributed by atoms with Crippen LogP contribution in [0.1, 0.15) is 37.3 Å². The zero-order chi connectivity index (χ0) is 30.0. The van der Waals surface area contributed by atoms with Crippen LogP contribution in [0.3, 0.4) is 0 Å². The molecule has 0 N–H and O–H groups in total. The molecule has 1 heterocycles. The Labute approximate surface area is 250 Å². The number of carbonyl (C=O) groups is 1. The van der Waals surface area contributed by atoms with Gasteiger partial charge in [-0.3, -0.25) is 0 Å². The van der Waals surface area contributed by atoms with Gasteiger partial charge in [0.2, 0.25) is 10.0 Å². The summed E-state index contributed by atoms with van der Waals surface area (Å²) in [6.07, 6.45) is 1.43. The average Bonchev–Trinajstić information content (AvgIpc) is 3.01. The van der Waals surface area contributed by atoms with Crippen LogP contribution in [0.25, 0.3) is 0 Å². The molecule has 0 radical (unpaired) electrons. The highest BCUT2D eigenvalue weighted by molar-refractivity contribution is 7.89. The lowest BCUT2D eigenvalue weighted by Gasteiger charge is -2.37. The van der Waals surface area contributed by atoms with Gasteiger partial charge in [0.1, 0.15) is 6.09 Å². The minimum atomic E-state index is -3.61. The van der Waals surface area contributed by atoms with Gasteiger partial charge < -0.3 is 19.7 Å². The number of piperidine rings is 1. The molecule has 222 valence electrons. The molecule has 4 rings (SSSR count). The van der Waals surface area contributed by atoms with Gasteiger partial charge in [0, 0.05) is 31.5 Å². The van der Waals surface area contributed by atoms with Gasteiger partial charge in [-0.2, -0.15) is 0 Å². The Kier molecular flexibility index (Phi) is 10.8. The molecule has 1 amide bonds. The maximum Gasteiger partial charge on any atom is 0.242 e. The molecule has 0 aromatic heterocycles. The second-order valence-electron chi connectivity index (χ2n) is 11.3. The monoisotopic (exact) mass is 586 g/mol. The molecule has 42 heavy (non-hydrogen) atoms. The second kappa shape index (κ2) is 14.5. The number of benzene rings is 3. The maximum atomic E-state index is 13.3. The van der Waals surface area contributed by atoms with Crippen LogP contribution in [0.5, 0.6) is 0 Å². The molecule has 3 aromatic carbocycles. The van der Waals surface area contributed by atoms with Gasteiger partial charge >= 0.3 is 0 Å². The molecule has 0 spiro atoms. The van der Waals surface area contributed by atoms with Gasteiger partial charge in [0.15, 0.2) is 0 Å². The first-order chi connectivity index (χ1) is 20.2. The highest BCUT2D eigenvalue weighted by atomic mass is 32.2. The zero-order valence-electron chi connectivity index (χ0n) is 24.5. The molecular formula is C34H40N3O4S-. The second-order valence-corrected chi connectivity index (χ2v) is 13.3. The minimum Gasteiger partial charge on any atom is -0.530 e. The van der Waals surface area contributed by atoms with Gasteiger partial charge in [0.05, 0.1) is 11.4 Å². The molecule has 1 aliphatic rings. The number of hydrogen-bond donors (Lipinski definition) is 0. The van der Waals surface area contributed by atoms with Gasteiger partial charge in [-0.25, -0.2) is 12.7 Å². The molecule has 3 aromatic rings. The number of carboxylic acid groups (broad SMARTS) is 1. The van der Waals surface area contributed by atoms with Crippen molar-refractivity contribution in [1.82, 2.24) is 14.1 Å². The lowest BCUT2D eigenvalue weighted by molar-refractivity contribution is -0.265. The topological polar surface area (TPSA) is 84.0 Å². The highest BCUT2D eigenvalue weighted by Crippen LogP contribution is 2.31. The number of rotatable bonds is 11. The molecular weight excluding hydrogens is 546 g/mol. The summed E-state index contributed by atoms with van der Waals surface area (Å²) < 4.78 is 28.1. The lowest BCUT2D eigenvalue weighted by atomic mass is 9.79. The SMILES string of the molecule is CN(CC(C)(CCN1CCC(C#CCN(Cc2ccccc2)C(=O)[O-])CC1)c1ccccc1)S(=O)(=O)c1ccccc1. The quantitative estimate of drug-likeness (QED) is 0.314. The zero-order valence-corrected chi connectivity index (χ0v) is 25.3. The van der Waals surface area contributed by atoms with Crippen molar-refractivity contribution in [2.75, 3.05) is 39.8 Å². The third-order valence-corrected chi connectivity index (χ3v) is 9.93. The van der Waals surface area contributed by atoms with Crippen LogP contribution in [-0.4, -0.2) is 68.4 Å². The summed E-state index contributed by atoms with van der Waals surface area (Å²) in [6, 6.07) is 28.2. The fourth-order valence-electron chi connectivity index (χ4n) is 5.48. The number of carbonyl (C=O) groups excluding carboxylic acids is 1. The third-order valence-electron chi connectivity index (χ3n) is 8.11. The van der Waals surface area contributed by atoms with Crippen LogP contribution in [0.15, 0.2) is 95.9 Å². The molecule has 1 unspecified atom stereocenters. The van der Waals surface area contributed by atoms with Crippen molar-refractivity contribution in [2.24, 2.45) is 5.92 Å². The van der Waals surface area contributed by atoms with E-state index in [1.54, 1.807) is 31.3 Å². The van der Waals surface area contributed by atoms with Crippen molar-refractivity contribution < 1.29 is 18.3 Å². The standard InChI is InChI=1S/C34H41N3O4S/c1-34(31-16-8-4-9-17-31,28-35(2)42(40,41)32-18-10-5-11-19-32)22-26-36-24-20-29(21-25-36)15-12-23-37(33(38)39)27-30-13-6-3-7-14-30/h3-11,13-14,16-19,29H,20-28H2,1-2H3,(H,38,39)/p-1. The Morgan fingerprint density at radius 1 is 0.952 bits per heavy atom. The molecule has 8 heteroatoms. The molecule has 7 nitrogen and oxygen atoms in total. The number of likely N-dealkylation sites (N-methyl/N-ethyl adjacent to an activating group) is 1. The van der Waals surface area contributed by atoms with E-state index in [4.69, 9.17) is 0 Å². The largest absolute Gasteiger partial charge is 0.530 e. The van der Waals surface area contributed by atoms with Crippen molar-refractivity contribution >= 4 is 16.1 Å². The van der Waals surface area contributed by atoms with E-state index in [1.165, 1.54) is 9.21 Å². The molecule has 0 bridgehead atoms. The van der Waals surface area contributed by atoms with E-state index in [1.807, 2.05) is 54.6 Å². The van der Waals surface area contributed by atoms with Gasteiger partial charge in [-0.15, -0.1) is 0 Å². The van der Waals surface area contributed by atoms with Crippen LogP contribution in [0.4, 0.5) is 4.79 Å². The fourth-order valence-corrected chi connectivity index (χ4v) is 6.80. The normalized spacial score (nSPS) is 15.9. The minimum absolute atomic E-state index is 0.131. The van der Waals surface area contributed by atoms with Crippen LogP contribution in [0.2, 0.25) is 0 Å². The summed E-state index contributed by atoms with van der Waals surface area (Å²) >= 11 is 0. The first-order valence-corrected chi connectivity index (χ1v) is 15.9. The van der Waals surface area contributed by atoms with E-state index in [0.717, 1.165) is 50.0 Å². The van der Waals surface area contributed by atoms with E-state index in [9.17, 15) is 18.3 Å². The van der Waals surface area contributed by atoms with Crippen molar-refractivity contribution in [3.8, 4) is 11.8 Å². The van der Waals surface area contributed by atoms with Gasteiger partial charge in [-0.05, 0) is 62.2 Å². The van der Waals surface area contributed by atoms with E-state index in [2.05, 4.69) is 35.8 Å². The van der Waals surface area contributed by atoms with Gasteiger partial charge in [-0.1, -0.05) is 97.6 Å². The number of hydrogen-bond acceptors (Lipinski definition) is 5. The van der Waals surface area contributed by atoms with E-state index in [0.29, 0.717) is 11.4 Å². The van der Waals surface area contributed by atoms with Crippen molar-refractivity contribution in [3.05, 3.63) is 102 Å². The third kappa shape index (κ3) is 8.45. The number of amides is 1. The Balaban J connectivity index is 1.33. The summed E-state index contributed by atoms with van der Waals surface area (Å²) in [6.45, 7) is 5.56. The Hall–Kier alpha value is -3.64. The maximum absolute atomic E-state index is 13.3. The summed E-state index contributed by atoms with van der Waals surface area (Å²) in [7, 11) is -1.95. The number of nitrogens with zero attached hydrogens (tertiary/aromatic N) is 3. The number of sulfonamides is 1. The molecule has 0 aliphatic carbocycles. The average molecular weight is 587 g/mol. The fraction of sp³-hybridized carbons (Fsp3) is 0.382. The van der Waals surface area contributed by atoms with Gasteiger partial charge in [0.25, 0.3) is 0 Å². The molecule has 1 atom stereocenters. The van der Waals surface area contributed by atoms with Crippen LogP contribution in [-0.2, 0) is 22.0 Å². The summed E-state index contributed by atoms with van der Waals surface area (Å²) in [5, 5.41) is 11.6. The molecule has 1 aliphatic heterocycles. The van der Waals surface area contributed by atoms with Crippen molar-refractivity contribution in [3.63, 3.8) is 0 Å². The van der Waals surface area contributed by atoms with Crippen LogP contribution >= 0.6 is 0 Å². The first kappa shape index (κ1) is 31.3. The molecule has 0 saturated carbocycles. The Morgan fingerprint density at radius 3 is 2.12 bits per heavy atom. The highest BCUT2D eigenvalue weighted by Gasteiger charge is 2.33. The Bertz CT molecular complexity index is 1450. The summed E-state index contributed by atoms with van der Waals surface area (Å²) in [5.41, 5.74) is 1.65. The van der Waals surface area contributed by atoms with Crippen molar-refractivity contribution in [2.45, 2.75) is 43.0 Å². The predicted molar refractivity (Wildman–Crippen MR) is 164 cm³/mol. The first-order valence-electron chi connectivity index (χ1n) is 14.4. The van der Waals surface area contributed by atoms with Crippen molar-refractivity contribution in [1.29, 1.82) is 0 Å². The Morgan fingerprint density at radius 2 is 1.52 bits per heavy atom. The lowest BCUT2D eigenvalue weighted by Crippen LogP contribution is -2.43. The van der Waals surface area contributed by atoms with E-state index in [-0.39, 0.29) is 24.4 Å². The van der Waals surface area contributed by atoms with E-state index < -0.39 is 16.1 Å². The summed E-state index contributed by atoms with van der Waals surface area (Å²) in [5.74, 6) is 6.59. The van der Waals surface area contributed by atoms with Crippen LogP contribution in [0, 0.1) is 17.8 Å². The number of likely N-dealkylation sites (tertiary alicyclic amines) is 1. The summed E-state index contributed by atoms with van der Waals surface area (Å²) in [4.78, 5) is 15.5. The molecule has 1 saturated heterocycles. The predicted octanol–water partition coefficient (Wildman–Crippen LogP) is 4.22.